The lowest BCUT2D eigenvalue weighted by Gasteiger charge is -2.36. The molecular weight excluding hydrogens is 440 g/mol. The minimum atomic E-state index is 0.164. The summed E-state index contributed by atoms with van der Waals surface area (Å²) >= 11 is 7.71. The average Bonchev–Trinajstić information content (AvgIpc) is 3.38. The molecule has 2 aromatic carbocycles. The Bertz CT molecular complexity index is 1290. The van der Waals surface area contributed by atoms with Gasteiger partial charge in [0.15, 0.2) is 4.96 Å². The summed E-state index contributed by atoms with van der Waals surface area (Å²) in [6.45, 7) is 7.30. The van der Waals surface area contributed by atoms with Crippen molar-refractivity contribution in [2.24, 2.45) is 0 Å². The van der Waals surface area contributed by atoms with Crippen LogP contribution in [0.2, 0.25) is 5.02 Å². The number of aromatic nitrogens is 2. The molecular formula is C25H25ClN4OS. The number of rotatable bonds is 4. The van der Waals surface area contributed by atoms with E-state index in [0.717, 1.165) is 58.8 Å². The third kappa shape index (κ3) is 4.12. The summed E-state index contributed by atoms with van der Waals surface area (Å²) in [4.78, 5) is 23.0. The van der Waals surface area contributed by atoms with Crippen LogP contribution in [0.25, 0.3) is 16.2 Å². The van der Waals surface area contributed by atoms with Gasteiger partial charge < -0.3 is 9.80 Å². The summed E-state index contributed by atoms with van der Waals surface area (Å²) in [7, 11) is 0. The van der Waals surface area contributed by atoms with E-state index in [1.807, 2.05) is 28.5 Å². The number of hydrogen-bond acceptors (Lipinski definition) is 4. The molecule has 1 saturated heterocycles. The maximum Gasteiger partial charge on any atom is 0.228 e. The minimum absolute atomic E-state index is 0.164. The first-order valence-corrected chi connectivity index (χ1v) is 12.0. The van der Waals surface area contributed by atoms with E-state index in [-0.39, 0.29) is 5.91 Å². The van der Waals surface area contributed by atoms with Crippen LogP contribution < -0.4 is 4.90 Å². The lowest BCUT2D eigenvalue weighted by Crippen LogP contribution is -2.49. The highest BCUT2D eigenvalue weighted by molar-refractivity contribution is 7.15. The van der Waals surface area contributed by atoms with Crippen LogP contribution >= 0.6 is 22.9 Å². The lowest BCUT2D eigenvalue weighted by molar-refractivity contribution is -0.130. The summed E-state index contributed by atoms with van der Waals surface area (Å²) < 4.78 is 2.06. The number of fused-ring (bicyclic) bond motifs is 1. The van der Waals surface area contributed by atoms with Crippen molar-refractivity contribution in [3.8, 4) is 11.3 Å². The SMILES string of the molecule is Cc1ccc(-c2cn3c(CC(=O)N4CCN(c5cccc(Cl)c5)CC4)csc3n2)cc1C. The number of halogens is 1. The zero-order valence-electron chi connectivity index (χ0n) is 18.2. The quantitative estimate of drug-likeness (QED) is 0.415. The first-order valence-electron chi connectivity index (χ1n) is 10.8. The first kappa shape index (κ1) is 21.0. The molecule has 1 fully saturated rings. The molecule has 1 aliphatic rings. The molecule has 0 spiro atoms. The van der Waals surface area contributed by atoms with Crippen molar-refractivity contribution in [3.05, 3.63) is 75.9 Å². The van der Waals surface area contributed by atoms with Gasteiger partial charge in [0.2, 0.25) is 5.91 Å². The molecule has 1 amide bonds. The number of amides is 1. The third-order valence-electron chi connectivity index (χ3n) is 6.22. The standard InChI is InChI=1S/C25H25ClN4OS/c1-17-6-7-19(12-18(17)2)23-15-30-22(16-32-25(30)27-23)14-24(31)29-10-8-28(9-11-29)21-5-3-4-20(26)13-21/h3-7,12-13,15-16H,8-11,14H2,1-2H3. The Labute approximate surface area is 196 Å². The van der Waals surface area contributed by atoms with Crippen molar-refractivity contribution < 1.29 is 4.79 Å². The van der Waals surface area contributed by atoms with Crippen molar-refractivity contribution in [3.63, 3.8) is 0 Å². The topological polar surface area (TPSA) is 40.9 Å². The molecule has 7 heteroatoms. The lowest BCUT2D eigenvalue weighted by atomic mass is 10.0. The molecule has 1 aliphatic heterocycles. The molecule has 0 unspecified atom stereocenters. The summed E-state index contributed by atoms with van der Waals surface area (Å²) in [6, 6.07) is 14.3. The zero-order chi connectivity index (χ0) is 22.2. The number of carbonyl (C=O) groups excluding carboxylic acids is 1. The van der Waals surface area contributed by atoms with Gasteiger partial charge >= 0.3 is 0 Å². The number of aryl methyl sites for hydroxylation is 2. The Morgan fingerprint density at radius 2 is 1.88 bits per heavy atom. The average molecular weight is 465 g/mol. The predicted octanol–water partition coefficient (Wildman–Crippen LogP) is 5.22. The first-order chi connectivity index (χ1) is 15.5. The normalized spacial score (nSPS) is 14.3. The van der Waals surface area contributed by atoms with Crippen LogP contribution in [0.15, 0.2) is 54.0 Å². The molecule has 0 N–H and O–H groups in total. The van der Waals surface area contributed by atoms with Gasteiger partial charge in [0.05, 0.1) is 12.1 Å². The molecule has 0 atom stereocenters. The molecule has 4 aromatic rings. The van der Waals surface area contributed by atoms with E-state index in [0.29, 0.717) is 6.42 Å². The van der Waals surface area contributed by atoms with Crippen molar-refractivity contribution in [1.29, 1.82) is 0 Å². The van der Waals surface area contributed by atoms with E-state index in [4.69, 9.17) is 16.6 Å². The number of anilines is 1. The summed E-state index contributed by atoms with van der Waals surface area (Å²) in [5.74, 6) is 0.164. The Hall–Kier alpha value is -2.83. The second-order valence-electron chi connectivity index (χ2n) is 8.33. The smallest absolute Gasteiger partial charge is 0.228 e. The highest BCUT2D eigenvalue weighted by Gasteiger charge is 2.23. The van der Waals surface area contributed by atoms with Crippen LogP contribution in [0.1, 0.15) is 16.8 Å². The number of piperazine rings is 1. The van der Waals surface area contributed by atoms with Gasteiger partial charge in [0.1, 0.15) is 0 Å². The van der Waals surface area contributed by atoms with Crippen LogP contribution in [0.3, 0.4) is 0 Å². The van der Waals surface area contributed by atoms with Gasteiger partial charge in [-0.05, 0) is 49.2 Å². The van der Waals surface area contributed by atoms with Gasteiger partial charge in [-0.2, -0.15) is 0 Å². The Morgan fingerprint density at radius 3 is 2.62 bits per heavy atom. The number of benzene rings is 2. The van der Waals surface area contributed by atoms with Gasteiger partial charge in [0.25, 0.3) is 0 Å². The van der Waals surface area contributed by atoms with Gasteiger partial charge in [-0.1, -0.05) is 29.8 Å². The molecule has 5 rings (SSSR count). The zero-order valence-corrected chi connectivity index (χ0v) is 19.8. The molecule has 0 aliphatic carbocycles. The second-order valence-corrected chi connectivity index (χ2v) is 9.60. The maximum atomic E-state index is 13.0. The maximum absolute atomic E-state index is 13.0. The third-order valence-corrected chi connectivity index (χ3v) is 7.35. The minimum Gasteiger partial charge on any atom is -0.368 e. The number of nitrogens with zero attached hydrogens (tertiary/aromatic N) is 4. The van der Waals surface area contributed by atoms with E-state index < -0.39 is 0 Å². The van der Waals surface area contributed by atoms with Crippen molar-refractivity contribution in [2.45, 2.75) is 20.3 Å². The fourth-order valence-electron chi connectivity index (χ4n) is 4.15. The van der Waals surface area contributed by atoms with E-state index in [1.54, 1.807) is 11.3 Å². The van der Waals surface area contributed by atoms with Crippen LogP contribution in [0, 0.1) is 13.8 Å². The van der Waals surface area contributed by atoms with E-state index in [2.05, 4.69) is 53.6 Å². The predicted molar refractivity (Wildman–Crippen MR) is 132 cm³/mol. The van der Waals surface area contributed by atoms with Gasteiger partial charge in [-0.25, -0.2) is 4.98 Å². The molecule has 5 nitrogen and oxygen atoms in total. The Balaban J connectivity index is 1.27. The van der Waals surface area contributed by atoms with Crippen LogP contribution in [-0.2, 0) is 11.2 Å². The molecule has 0 bridgehead atoms. The molecule has 164 valence electrons. The molecule has 3 heterocycles. The van der Waals surface area contributed by atoms with Crippen molar-refractivity contribution >= 4 is 39.5 Å². The fourth-order valence-corrected chi connectivity index (χ4v) is 5.21. The Morgan fingerprint density at radius 1 is 1.06 bits per heavy atom. The number of hydrogen-bond donors (Lipinski definition) is 0. The number of imidazole rings is 1. The Kier molecular flexibility index (Phi) is 5.66. The van der Waals surface area contributed by atoms with Gasteiger partial charge in [0, 0.05) is 59.7 Å². The highest BCUT2D eigenvalue weighted by atomic mass is 35.5. The number of carbonyl (C=O) groups is 1. The van der Waals surface area contributed by atoms with Crippen LogP contribution in [0.5, 0.6) is 0 Å². The van der Waals surface area contributed by atoms with Crippen LogP contribution in [0.4, 0.5) is 5.69 Å². The monoisotopic (exact) mass is 464 g/mol. The second kappa shape index (κ2) is 8.60. The molecule has 32 heavy (non-hydrogen) atoms. The van der Waals surface area contributed by atoms with Crippen LogP contribution in [-0.4, -0.2) is 46.4 Å². The fraction of sp³-hybridized carbons (Fsp3) is 0.280. The summed E-state index contributed by atoms with van der Waals surface area (Å²) in [5, 5.41) is 2.79. The highest BCUT2D eigenvalue weighted by Crippen LogP contribution is 2.26. The van der Waals surface area contributed by atoms with Gasteiger partial charge in [-0.3, -0.25) is 9.20 Å². The van der Waals surface area contributed by atoms with Crippen molar-refractivity contribution in [2.75, 3.05) is 31.1 Å². The van der Waals surface area contributed by atoms with E-state index in [1.165, 1.54) is 11.1 Å². The molecule has 0 radical (unpaired) electrons. The van der Waals surface area contributed by atoms with E-state index >= 15 is 0 Å². The van der Waals surface area contributed by atoms with E-state index in [9.17, 15) is 4.79 Å². The molecule has 2 aromatic heterocycles. The number of thiazole rings is 1. The van der Waals surface area contributed by atoms with Crippen molar-refractivity contribution in [1.82, 2.24) is 14.3 Å². The molecule has 0 saturated carbocycles. The van der Waals surface area contributed by atoms with Gasteiger partial charge in [-0.15, -0.1) is 11.3 Å². The summed E-state index contributed by atoms with van der Waals surface area (Å²) in [6.07, 6.45) is 2.44. The summed E-state index contributed by atoms with van der Waals surface area (Å²) in [5.41, 5.74) is 6.70. The largest absolute Gasteiger partial charge is 0.368 e.